The molecule has 2 aromatic rings. The highest BCUT2D eigenvalue weighted by Gasteiger charge is 2.29. The van der Waals surface area contributed by atoms with Gasteiger partial charge in [-0.1, -0.05) is 42.4 Å². The van der Waals surface area contributed by atoms with Crippen LogP contribution >= 0.6 is 0 Å². The van der Waals surface area contributed by atoms with Gasteiger partial charge in [-0.25, -0.2) is 0 Å². The number of benzene rings is 1. The third-order valence-corrected chi connectivity index (χ3v) is 5.09. The summed E-state index contributed by atoms with van der Waals surface area (Å²) in [5.41, 5.74) is 1.72. The fourth-order valence-corrected chi connectivity index (χ4v) is 3.32. The lowest BCUT2D eigenvalue weighted by Crippen LogP contribution is -2.43. The Bertz CT molecular complexity index is 749. The maximum absolute atomic E-state index is 12.5. The van der Waals surface area contributed by atoms with Crippen molar-refractivity contribution in [1.82, 2.24) is 15.4 Å². The van der Waals surface area contributed by atoms with Crippen LogP contribution in [0, 0.1) is 12.8 Å². The van der Waals surface area contributed by atoms with E-state index in [0.717, 1.165) is 0 Å². The van der Waals surface area contributed by atoms with Crippen LogP contribution in [0.5, 0.6) is 0 Å². The maximum atomic E-state index is 12.5. The lowest BCUT2D eigenvalue weighted by atomic mass is 9.94. The van der Waals surface area contributed by atoms with E-state index in [0.29, 0.717) is 43.8 Å². The molecule has 0 spiro atoms. The molecule has 1 fully saturated rings. The minimum atomic E-state index is -0.0692. The monoisotopic (exact) mass is 355 g/mol. The summed E-state index contributed by atoms with van der Waals surface area (Å²) >= 11 is 0. The Morgan fingerprint density at radius 3 is 2.58 bits per heavy atom. The standard InChI is InChI=1S/C20H25N3O3/c1-14(16-6-4-3-5-7-16)12-21-19(24)17-8-10-23(11-9-17)20(25)18-13-22-26-15(18)2/h3-7,13-14,17H,8-12H2,1-2H3,(H,21,24). The molecule has 3 rings (SSSR count). The summed E-state index contributed by atoms with van der Waals surface area (Å²) < 4.78 is 4.96. The zero-order valence-electron chi connectivity index (χ0n) is 15.3. The van der Waals surface area contributed by atoms with Gasteiger partial charge in [-0.3, -0.25) is 9.59 Å². The van der Waals surface area contributed by atoms with E-state index >= 15 is 0 Å². The number of aryl methyl sites for hydroxylation is 1. The molecule has 2 amide bonds. The molecule has 2 heterocycles. The molecule has 1 saturated heterocycles. The molecule has 0 saturated carbocycles. The Morgan fingerprint density at radius 2 is 1.96 bits per heavy atom. The van der Waals surface area contributed by atoms with Gasteiger partial charge in [0.25, 0.3) is 5.91 Å². The van der Waals surface area contributed by atoms with Gasteiger partial charge in [-0.15, -0.1) is 0 Å². The average molecular weight is 355 g/mol. The molecule has 1 aliphatic heterocycles. The Morgan fingerprint density at radius 1 is 1.27 bits per heavy atom. The molecule has 0 radical (unpaired) electrons. The second-order valence-electron chi connectivity index (χ2n) is 6.92. The summed E-state index contributed by atoms with van der Waals surface area (Å²) in [6.07, 6.45) is 2.82. The van der Waals surface area contributed by atoms with Crippen LogP contribution in [0.25, 0.3) is 0 Å². The number of nitrogens with zero attached hydrogens (tertiary/aromatic N) is 2. The molecule has 1 atom stereocenters. The molecule has 1 aromatic heterocycles. The van der Waals surface area contributed by atoms with E-state index in [1.807, 2.05) is 18.2 Å². The lowest BCUT2D eigenvalue weighted by Gasteiger charge is -2.31. The number of carbonyl (C=O) groups is 2. The molecule has 1 unspecified atom stereocenters. The van der Waals surface area contributed by atoms with Crippen molar-refractivity contribution >= 4 is 11.8 Å². The summed E-state index contributed by atoms with van der Waals surface area (Å²) in [6.45, 7) is 5.62. The minimum Gasteiger partial charge on any atom is -0.361 e. The molecule has 6 heteroatoms. The molecular weight excluding hydrogens is 330 g/mol. The first-order valence-electron chi connectivity index (χ1n) is 9.09. The van der Waals surface area contributed by atoms with Gasteiger partial charge in [0.1, 0.15) is 11.3 Å². The van der Waals surface area contributed by atoms with Gasteiger partial charge < -0.3 is 14.7 Å². The molecule has 0 bridgehead atoms. The van der Waals surface area contributed by atoms with E-state index in [9.17, 15) is 9.59 Å². The van der Waals surface area contributed by atoms with Gasteiger partial charge in [0.2, 0.25) is 5.91 Å². The van der Waals surface area contributed by atoms with Gasteiger partial charge >= 0.3 is 0 Å². The van der Waals surface area contributed by atoms with Crippen molar-refractivity contribution in [2.75, 3.05) is 19.6 Å². The predicted molar refractivity (Wildman–Crippen MR) is 97.7 cm³/mol. The van der Waals surface area contributed by atoms with Crippen molar-refractivity contribution in [3.8, 4) is 0 Å². The lowest BCUT2D eigenvalue weighted by molar-refractivity contribution is -0.126. The first-order chi connectivity index (χ1) is 12.6. The Hall–Kier alpha value is -2.63. The Labute approximate surface area is 153 Å². The number of aromatic nitrogens is 1. The normalized spacial score (nSPS) is 16.3. The fraction of sp³-hybridized carbons (Fsp3) is 0.450. The second kappa shape index (κ2) is 8.17. The zero-order valence-corrected chi connectivity index (χ0v) is 15.3. The smallest absolute Gasteiger partial charge is 0.259 e. The zero-order chi connectivity index (χ0) is 18.5. The third-order valence-electron chi connectivity index (χ3n) is 5.09. The van der Waals surface area contributed by atoms with Crippen molar-refractivity contribution in [3.63, 3.8) is 0 Å². The van der Waals surface area contributed by atoms with Gasteiger partial charge in [0, 0.05) is 25.6 Å². The van der Waals surface area contributed by atoms with E-state index in [2.05, 4.69) is 29.5 Å². The average Bonchev–Trinajstić information content (AvgIpc) is 3.12. The summed E-state index contributed by atoms with van der Waals surface area (Å²) in [4.78, 5) is 26.7. The molecule has 1 N–H and O–H groups in total. The number of nitrogens with one attached hydrogen (secondary N) is 1. The van der Waals surface area contributed by atoms with Gasteiger partial charge in [-0.2, -0.15) is 0 Å². The van der Waals surface area contributed by atoms with Crippen molar-refractivity contribution < 1.29 is 14.1 Å². The summed E-state index contributed by atoms with van der Waals surface area (Å²) in [5.74, 6) is 0.787. The number of carbonyl (C=O) groups excluding carboxylic acids is 2. The number of hydrogen-bond donors (Lipinski definition) is 1. The van der Waals surface area contributed by atoms with Gasteiger partial charge in [-0.05, 0) is 31.2 Å². The van der Waals surface area contributed by atoms with Gasteiger partial charge in [0.05, 0.1) is 6.20 Å². The number of rotatable bonds is 5. The number of hydrogen-bond acceptors (Lipinski definition) is 4. The minimum absolute atomic E-state index is 0.0365. The van der Waals surface area contributed by atoms with Crippen LogP contribution in [-0.2, 0) is 4.79 Å². The Balaban J connectivity index is 1.46. The first-order valence-corrected chi connectivity index (χ1v) is 9.09. The van der Waals surface area contributed by atoms with Crippen LogP contribution in [0.4, 0.5) is 0 Å². The highest BCUT2D eigenvalue weighted by molar-refractivity contribution is 5.95. The van der Waals surface area contributed by atoms with Crippen LogP contribution in [0.1, 0.15) is 47.4 Å². The number of likely N-dealkylation sites (tertiary alicyclic amines) is 1. The van der Waals surface area contributed by atoms with E-state index in [4.69, 9.17) is 4.52 Å². The Kier molecular flexibility index (Phi) is 5.71. The topological polar surface area (TPSA) is 75.4 Å². The van der Waals surface area contributed by atoms with Crippen molar-refractivity contribution in [1.29, 1.82) is 0 Å². The van der Waals surface area contributed by atoms with E-state index in [-0.39, 0.29) is 23.7 Å². The van der Waals surface area contributed by atoms with Crippen LogP contribution in [-0.4, -0.2) is 41.5 Å². The van der Waals surface area contributed by atoms with Gasteiger partial charge in [0.15, 0.2) is 0 Å². The van der Waals surface area contributed by atoms with Crippen LogP contribution in [0.3, 0.4) is 0 Å². The molecular formula is C20H25N3O3. The summed E-state index contributed by atoms with van der Waals surface area (Å²) in [5, 5.41) is 6.72. The second-order valence-corrected chi connectivity index (χ2v) is 6.92. The summed E-state index contributed by atoms with van der Waals surface area (Å²) in [7, 11) is 0. The van der Waals surface area contributed by atoms with Crippen LogP contribution in [0.15, 0.2) is 41.1 Å². The number of amides is 2. The first kappa shape index (κ1) is 18.2. The highest BCUT2D eigenvalue weighted by Crippen LogP contribution is 2.21. The maximum Gasteiger partial charge on any atom is 0.259 e. The predicted octanol–water partition coefficient (Wildman–Crippen LogP) is 2.76. The van der Waals surface area contributed by atoms with Crippen LogP contribution < -0.4 is 5.32 Å². The van der Waals surface area contributed by atoms with Crippen molar-refractivity contribution in [2.45, 2.75) is 32.6 Å². The molecule has 1 aromatic carbocycles. The third kappa shape index (κ3) is 4.12. The largest absolute Gasteiger partial charge is 0.361 e. The fourth-order valence-electron chi connectivity index (χ4n) is 3.32. The molecule has 1 aliphatic rings. The highest BCUT2D eigenvalue weighted by atomic mass is 16.5. The molecule has 6 nitrogen and oxygen atoms in total. The van der Waals surface area contributed by atoms with Crippen LogP contribution in [0.2, 0.25) is 0 Å². The molecule has 26 heavy (non-hydrogen) atoms. The SMILES string of the molecule is Cc1oncc1C(=O)N1CCC(C(=O)NCC(C)c2ccccc2)CC1. The van der Waals surface area contributed by atoms with Crippen molar-refractivity contribution in [3.05, 3.63) is 53.4 Å². The summed E-state index contributed by atoms with van der Waals surface area (Å²) in [6, 6.07) is 10.2. The molecule has 0 aliphatic carbocycles. The quantitative estimate of drug-likeness (QED) is 0.895. The molecule has 138 valence electrons. The van der Waals surface area contributed by atoms with E-state index in [1.165, 1.54) is 11.8 Å². The van der Waals surface area contributed by atoms with E-state index < -0.39 is 0 Å². The number of piperidine rings is 1. The van der Waals surface area contributed by atoms with Crippen molar-refractivity contribution in [2.24, 2.45) is 5.92 Å². The van der Waals surface area contributed by atoms with E-state index in [1.54, 1.807) is 11.8 Å².